The van der Waals surface area contributed by atoms with Crippen molar-refractivity contribution < 1.29 is 9.59 Å². The lowest BCUT2D eigenvalue weighted by molar-refractivity contribution is -0.138. The van der Waals surface area contributed by atoms with Gasteiger partial charge in [0.15, 0.2) is 0 Å². The van der Waals surface area contributed by atoms with E-state index >= 15 is 0 Å². The summed E-state index contributed by atoms with van der Waals surface area (Å²) in [7, 11) is 0. The van der Waals surface area contributed by atoms with Gasteiger partial charge >= 0.3 is 0 Å². The maximum Gasteiger partial charge on any atom is 0.253 e. The number of benzene rings is 1. The summed E-state index contributed by atoms with van der Waals surface area (Å²) in [4.78, 5) is 35.9. The molecule has 4 rings (SSSR count). The number of aryl methyl sites for hydroxylation is 1. The van der Waals surface area contributed by atoms with Gasteiger partial charge in [-0.3, -0.25) is 19.2 Å². The van der Waals surface area contributed by atoms with E-state index in [4.69, 9.17) is 0 Å². The third kappa shape index (κ3) is 4.87. The number of piperazine rings is 1. The number of rotatable bonds is 5. The van der Waals surface area contributed by atoms with E-state index in [0.717, 1.165) is 63.2 Å². The Morgan fingerprint density at radius 2 is 1.63 bits per heavy atom. The number of likely N-dealkylation sites (tertiary alicyclic amines) is 1. The van der Waals surface area contributed by atoms with Crippen LogP contribution in [-0.4, -0.2) is 87.1 Å². The SMILES string of the molecule is Cc1ccc(C(=O)N2CCC(C(=O)N3CCN(CCn4cncn4)CC3)CC2)cc1. The summed E-state index contributed by atoms with van der Waals surface area (Å²) in [5.41, 5.74) is 1.88. The van der Waals surface area contributed by atoms with Crippen LogP contribution >= 0.6 is 0 Å². The van der Waals surface area contributed by atoms with E-state index in [-0.39, 0.29) is 17.7 Å². The van der Waals surface area contributed by atoms with Crippen LogP contribution in [-0.2, 0) is 11.3 Å². The zero-order valence-electron chi connectivity index (χ0n) is 17.6. The largest absolute Gasteiger partial charge is 0.340 e. The summed E-state index contributed by atoms with van der Waals surface area (Å²) in [5.74, 6) is 0.365. The molecule has 1 aromatic heterocycles. The molecule has 2 aliphatic rings. The molecule has 2 aliphatic heterocycles. The van der Waals surface area contributed by atoms with Crippen LogP contribution in [0.3, 0.4) is 0 Å². The third-order valence-corrected chi connectivity index (χ3v) is 6.23. The molecule has 0 saturated carbocycles. The second kappa shape index (κ2) is 9.38. The fraction of sp³-hybridized carbons (Fsp3) is 0.545. The van der Waals surface area contributed by atoms with Crippen molar-refractivity contribution in [2.75, 3.05) is 45.8 Å². The van der Waals surface area contributed by atoms with E-state index < -0.39 is 0 Å². The lowest BCUT2D eigenvalue weighted by Crippen LogP contribution is -2.52. The van der Waals surface area contributed by atoms with Gasteiger partial charge in [0.05, 0.1) is 6.54 Å². The van der Waals surface area contributed by atoms with E-state index in [2.05, 4.69) is 15.0 Å². The van der Waals surface area contributed by atoms with Gasteiger partial charge in [0.2, 0.25) is 5.91 Å². The third-order valence-electron chi connectivity index (χ3n) is 6.23. The smallest absolute Gasteiger partial charge is 0.253 e. The monoisotopic (exact) mass is 410 g/mol. The van der Waals surface area contributed by atoms with Crippen molar-refractivity contribution in [3.05, 3.63) is 48.0 Å². The average molecular weight is 411 g/mol. The van der Waals surface area contributed by atoms with E-state index in [1.807, 2.05) is 45.7 Å². The molecule has 8 heteroatoms. The van der Waals surface area contributed by atoms with Gasteiger partial charge in [0.25, 0.3) is 5.91 Å². The summed E-state index contributed by atoms with van der Waals surface area (Å²) in [6.07, 6.45) is 4.79. The molecule has 3 heterocycles. The highest BCUT2D eigenvalue weighted by Gasteiger charge is 2.31. The lowest BCUT2D eigenvalue weighted by atomic mass is 9.94. The maximum atomic E-state index is 13.0. The topological polar surface area (TPSA) is 74.6 Å². The Morgan fingerprint density at radius 1 is 0.933 bits per heavy atom. The van der Waals surface area contributed by atoms with Crippen molar-refractivity contribution in [1.82, 2.24) is 29.5 Å². The van der Waals surface area contributed by atoms with Gasteiger partial charge in [-0.1, -0.05) is 17.7 Å². The quantitative estimate of drug-likeness (QED) is 0.742. The number of hydrogen-bond acceptors (Lipinski definition) is 5. The van der Waals surface area contributed by atoms with E-state index in [9.17, 15) is 9.59 Å². The molecule has 160 valence electrons. The maximum absolute atomic E-state index is 13.0. The number of aromatic nitrogens is 3. The van der Waals surface area contributed by atoms with Crippen molar-refractivity contribution in [2.45, 2.75) is 26.3 Å². The second-order valence-electron chi connectivity index (χ2n) is 8.26. The summed E-state index contributed by atoms with van der Waals surface area (Å²) in [5, 5.41) is 4.13. The van der Waals surface area contributed by atoms with Crippen LogP contribution in [0.25, 0.3) is 0 Å². The van der Waals surface area contributed by atoms with Crippen molar-refractivity contribution in [3.63, 3.8) is 0 Å². The number of carbonyl (C=O) groups excluding carboxylic acids is 2. The second-order valence-corrected chi connectivity index (χ2v) is 8.26. The van der Waals surface area contributed by atoms with Crippen molar-refractivity contribution >= 4 is 11.8 Å². The molecule has 0 unspecified atom stereocenters. The molecule has 30 heavy (non-hydrogen) atoms. The molecule has 0 radical (unpaired) electrons. The van der Waals surface area contributed by atoms with Gasteiger partial charge in [0, 0.05) is 57.3 Å². The normalized spacial score (nSPS) is 18.6. The standard InChI is InChI=1S/C22H30N6O2/c1-18-2-4-19(5-3-18)21(29)26-8-6-20(7-9-26)22(30)27-13-10-25(11-14-27)12-15-28-17-23-16-24-28/h2-5,16-17,20H,6-15H2,1H3. The first-order valence-corrected chi connectivity index (χ1v) is 10.8. The van der Waals surface area contributed by atoms with E-state index in [1.165, 1.54) is 0 Å². The van der Waals surface area contributed by atoms with Crippen LogP contribution in [0.15, 0.2) is 36.9 Å². The van der Waals surface area contributed by atoms with E-state index in [0.29, 0.717) is 13.1 Å². The van der Waals surface area contributed by atoms with Gasteiger partial charge in [-0.25, -0.2) is 4.98 Å². The summed E-state index contributed by atoms with van der Waals surface area (Å²) in [6, 6.07) is 7.71. The van der Waals surface area contributed by atoms with Crippen LogP contribution in [0.4, 0.5) is 0 Å². The minimum Gasteiger partial charge on any atom is -0.340 e. The number of nitrogens with zero attached hydrogens (tertiary/aromatic N) is 6. The lowest BCUT2D eigenvalue weighted by Gasteiger charge is -2.38. The zero-order chi connectivity index (χ0) is 20.9. The molecule has 0 atom stereocenters. The molecule has 2 aromatic rings. The summed E-state index contributed by atoms with van der Waals surface area (Å²) in [6.45, 7) is 8.41. The Morgan fingerprint density at radius 3 is 2.27 bits per heavy atom. The summed E-state index contributed by atoms with van der Waals surface area (Å²) < 4.78 is 1.84. The molecule has 1 aromatic carbocycles. The molecule has 0 spiro atoms. The Balaban J connectivity index is 1.21. The molecule has 2 fully saturated rings. The van der Waals surface area contributed by atoms with Gasteiger partial charge in [-0.2, -0.15) is 5.10 Å². The molecule has 8 nitrogen and oxygen atoms in total. The Hall–Kier alpha value is -2.74. The summed E-state index contributed by atoms with van der Waals surface area (Å²) >= 11 is 0. The zero-order valence-corrected chi connectivity index (χ0v) is 17.6. The van der Waals surface area contributed by atoms with Crippen LogP contribution in [0.2, 0.25) is 0 Å². The first-order valence-electron chi connectivity index (χ1n) is 10.8. The fourth-order valence-corrected chi connectivity index (χ4v) is 4.25. The van der Waals surface area contributed by atoms with Crippen LogP contribution in [0.1, 0.15) is 28.8 Å². The van der Waals surface area contributed by atoms with Gasteiger partial charge in [-0.05, 0) is 31.9 Å². The Labute approximate surface area is 177 Å². The number of carbonyl (C=O) groups is 2. The molecular weight excluding hydrogens is 380 g/mol. The van der Waals surface area contributed by atoms with E-state index in [1.54, 1.807) is 12.7 Å². The average Bonchev–Trinajstić information content (AvgIpc) is 3.31. The van der Waals surface area contributed by atoms with Crippen LogP contribution in [0, 0.1) is 12.8 Å². The highest BCUT2D eigenvalue weighted by molar-refractivity contribution is 5.94. The predicted octanol–water partition coefficient (Wildman–Crippen LogP) is 1.28. The first-order chi connectivity index (χ1) is 14.6. The fourth-order valence-electron chi connectivity index (χ4n) is 4.25. The molecule has 0 bridgehead atoms. The minimum absolute atomic E-state index is 0.0359. The predicted molar refractivity (Wildman–Crippen MR) is 113 cm³/mol. The van der Waals surface area contributed by atoms with Gasteiger partial charge in [-0.15, -0.1) is 0 Å². The van der Waals surface area contributed by atoms with Gasteiger partial charge < -0.3 is 9.80 Å². The highest BCUT2D eigenvalue weighted by atomic mass is 16.2. The Bertz CT molecular complexity index is 835. The minimum atomic E-state index is 0.0359. The van der Waals surface area contributed by atoms with Gasteiger partial charge in [0.1, 0.15) is 12.7 Å². The number of piperidine rings is 1. The van der Waals surface area contributed by atoms with Crippen LogP contribution < -0.4 is 0 Å². The number of amides is 2. The molecule has 0 aliphatic carbocycles. The molecule has 2 amide bonds. The molecule has 0 N–H and O–H groups in total. The molecule has 2 saturated heterocycles. The molecular formula is C22H30N6O2. The highest BCUT2D eigenvalue weighted by Crippen LogP contribution is 2.22. The van der Waals surface area contributed by atoms with Crippen molar-refractivity contribution in [3.8, 4) is 0 Å². The van der Waals surface area contributed by atoms with Crippen molar-refractivity contribution in [2.24, 2.45) is 5.92 Å². The first kappa shape index (κ1) is 20.5. The van der Waals surface area contributed by atoms with Crippen LogP contribution in [0.5, 0.6) is 0 Å². The van der Waals surface area contributed by atoms with Crippen molar-refractivity contribution in [1.29, 1.82) is 0 Å². The Kier molecular flexibility index (Phi) is 6.42. The number of hydrogen-bond donors (Lipinski definition) is 0.